The van der Waals surface area contributed by atoms with Crippen molar-refractivity contribution in [1.29, 1.82) is 0 Å². The van der Waals surface area contributed by atoms with Gasteiger partial charge in [-0.25, -0.2) is 9.78 Å². The van der Waals surface area contributed by atoms with Gasteiger partial charge < -0.3 is 15.4 Å². The van der Waals surface area contributed by atoms with E-state index in [1.54, 1.807) is 0 Å². The second-order valence-corrected chi connectivity index (χ2v) is 4.49. The number of hydrogen-bond acceptors (Lipinski definition) is 9. The smallest absolute Gasteiger partial charge is 0.377 e. The molecule has 1 aliphatic rings. The fourth-order valence-electron chi connectivity index (χ4n) is 2.07. The average Bonchev–Trinajstić information content (AvgIpc) is 3.17. The third-order valence-corrected chi connectivity index (χ3v) is 3.08. The molecule has 1 saturated heterocycles. The number of carbonyl (C=O) groups excluding carboxylic acids is 1. The second-order valence-electron chi connectivity index (χ2n) is 4.49. The molecular weight excluding hydrogens is 276 g/mol. The number of nitrogen functional groups attached to an aromatic ring is 1. The maximum atomic E-state index is 11.4. The molecule has 3 rings (SSSR count). The van der Waals surface area contributed by atoms with Crippen molar-refractivity contribution in [3.8, 4) is 5.95 Å². The molecule has 0 aromatic carbocycles. The van der Waals surface area contributed by atoms with Crippen molar-refractivity contribution in [3.63, 3.8) is 0 Å². The molecule has 1 aliphatic heterocycles. The Kier molecular flexibility index (Phi) is 3.34. The van der Waals surface area contributed by atoms with Gasteiger partial charge in [-0.3, -0.25) is 0 Å². The summed E-state index contributed by atoms with van der Waals surface area (Å²) in [7, 11) is 1.26. The third kappa shape index (κ3) is 2.59. The standard InChI is InChI=1S/C11H14N8O2/c1-21-8(20)7-13-6-19(17-7)11-15-9(12)14-10(16-11)18-4-2-3-5-18/h6H,2-5H2,1H3,(H2,12,14,15,16). The molecule has 3 heterocycles. The van der Waals surface area contributed by atoms with Gasteiger partial charge in [-0.2, -0.15) is 19.6 Å². The Morgan fingerprint density at radius 2 is 1.95 bits per heavy atom. The first-order valence-corrected chi connectivity index (χ1v) is 6.44. The summed E-state index contributed by atoms with van der Waals surface area (Å²) in [5.74, 6) is 0.115. The van der Waals surface area contributed by atoms with Crippen LogP contribution in [-0.4, -0.2) is 55.9 Å². The highest BCUT2D eigenvalue weighted by molar-refractivity contribution is 5.84. The highest BCUT2D eigenvalue weighted by atomic mass is 16.5. The predicted molar refractivity (Wildman–Crippen MR) is 71.9 cm³/mol. The van der Waals surface area contributed by atoms with Crippen molar-refractivity contribution >= 4 is 17.9 Å². The highest BCUT2D eigenvalue weighted by Crippen LogP contribution is 2.17. The first kappa shape index (κ1) is 13.2. The molecule has 0 saturated carbocycles. The lowest BCUT2D eigenvalue weighted by molar-refractivity contribution is 0.0587. The fraction of sp³-hybridized carbons (Fsp3) is 0.455. The average molecular weight is 290 g/mol. The van der Waals surface area contributed by atoms with Gasteiger partial charge in [-0.15, -0.1) is 5.10 Å². The molecular formula is C11H14N8O2. The lowest BCUT2D eigenvalue weighted by atomic mass is 10.4. The van der Waals surface area contributed by atoms with Crippen molar-refractivity contribution < 1.29 is 9.53 Å². The van der Waals surface area contributed by atoms with Gasteiger partial charge in [-0.05, 0) is 12.8 Å². The lowest BCUT2D eigenvalue weighted by Gasteiger charge is -2.15. The minimum absolute atomic E-state index is 0.0702. The molecule has 0 unspecified atom stereocenters. The Bertz CT molecular complexity index is 664. The van der Waals surface area contributed by atoms with Gasteiger partial charge in [0.2, 0.25) is 11.9 Å². The summed E-state index contributed by atoms with van der Waals surface area (Å²) in [6.45, 7) is 1.77. The second kappa shape index (κ2) is 5.31. The van der Waals surface area contributed by atoms with Crippen molar-refractivity contribution in [1.82, 2.24) is 29.7 Å². The van der Waals surface area contributed by atoms with E-state index in [-0.39, 0.29) is 17.7 Å². The van der Waals surface area contributed by atoms with E-state index in [1.165, 1.54) is 18.1 Å². The van der Waals surface area contributed by atoms with Gasteiger partial charge in [0, 0.05) is 13.1 Å². The highest BCUT2D eigenvalue weighted by Gasteiger charge is 2.19. The third-order valence-electron chi connectivity index (χ3n) is 3.08. The minimum Gasteiger partial charge on any atom is -0.463 e. The molecule has 1 fully saturated rings. The normalized spacial score (nSPS) is 14.4. The number of esters is 1. The maximum absolute atomic E-state index is 11.4. The number of rotatable bonds is 3. The van der Waals surface area contributed by atoms with Crippen molar-refractivity contribution in [2.24, 2.45) is 0 Å². The van der Waals surface area contributed by atoms with Crippen LogP contribution in [0.3, 0.4) is 0 Å². The molecule has 0 spiro atoms. The number of nitrogens with two attached hydrogens (primary N) is 1. The lowest BCUT2D eigenvalue weighted by Crippen LogP contribution is -2.22. The molecule has 2 aromatic rings. The quantitative estimate of drug-likeness (QED) is 0.739. The summed E-state index contributed by atoms with van der Waals surface area (Å²) in [6, 6.07) is 0. The molecule has 0 bridgehead atoms. The number of ether oxygens (including phenoxy) is 1. The minimum atomic E-state index is -0.629. The summed E-state index contributed by atoms with van der Waals surface area (Å²) in [5, 5.41) is 3.96. The Morgan fingerprint density at radius 3 is 2.67 bits per heavy atom. The maximum Gasteiger partial charge on any atom is 0.377 e. The summed E-state index contributed by atoms with van der Waals surface area (Å²) < 4.78 is 5.82. The van der Waals surface area contributed by atoms with E-state index in [1.807, 2.05) is 4.90 Å². The Labute approximate surface area is 120 Å². The van der Waals surface area contributed by atoms with E-state index in [9.17, 15) is 4.79 Å². The summed E-state index contributed by atoms with van der Waals surface area (Å²) in [4.78, 5) is 29.7. The van der Waals surface area contributed by atoms with Gasteiger partial charge in [0.05, 0.1) is 7.11 Å². The monoisotopic (exact) mass is 290 g/mol. The zero-order valence-electron chi connectivity index (χ0n) is 11.4. The molecule has 110 valence electrons. The predicted octanol–water partition coefficient (Wildman–Crippen LogP) is -0.579. The number of anilines is 2. The van der Waals surface area contributed by atoms with Crippen LogP contribution in [0.2, 0.25) is 0 Å². The SMILES string of the molecule is COC(=O)c1ncn(-c2nc(N)nc(N3CCCC3)n2)n1. The first-order chi connectivity index (χ1) is 10.2. The number of methoxy groups -OCH3 is 1. The van der Waals surface area contributed by atoms with Crippen molar-refractivity contribution in [3.05, 3.63) is 12.2 Å². The van der Waals surface area contributed by atoms with E-state index in [4.69, 9.17) is 5.73 Å². The van der Waals surface area contributed by atoms with Crippen LogP contribution in [0.25, 0.3) is 5.95 Å². The Morgan fingerprint density at radius 1 is 1.24 bits per heavy atom. The molecule has 10 nitrogen and oxygen atoms in total. The number of carbonyl (C=O) groups is 1. The number of hydrogen-bond donors (Lipinski definition) is 1. The zero-order valence-corrected chi connectivity index (χ0v) is 11.4. The topological polar surface area (TPSA) is 125 Å². The molecule has 0 radical (unpaired) electrons. The number of nitrogens with zero attached hydrogens (tertiary/aromatic N) is 7. The molecule has 2 aromatic heterocycles. The van der Waals surface area contributed by atoms with Crippen LogP contribution < -0.4 is 10.6 Å². The van der Waals surface area contributed by atoms with Gasteiger partial charge in [-0.1, -0.05) is 0 Å². The van der Waals surface area contributed by atoms with Crippen LogP contribution in [0.1, 0.15) is 23.5 Å². The van der Waals surface area contributed by atoms with Crippen LogP contribution in [0.15, 0.2) is 6.33 Å². The van der Waals surface area contributed by atoms with Gasteiger partial charge in [0.1, 0.15) is 6.33 Å². The van der Waals surface area contributed by atoms with Gasteiger partial charge in [0.25, 0.3) is 11.8 Å². The fourth-order valence-corrected chi connectivity index (χ4v) is 2.07. The van der Waals surface area contributed by atoms with E-state index >= 15 is 0 Å². The van der Waals surface area contributed by atoms with E-state index in [0.717, 1.165) is 25.9 Å². The molecule has 2 N–H and O–H groups in total. The van der Waals surface area contributed by atoms with E-state index in [0.29, 0.717) is 5.95 Å². The molecule has 21 heavy (non-hydrogen) atoms. The summed E-state index contributed by atoms with van der Waals surface area (Å²) >= 11 is 0. The van der Waals surface area contributed by atoms with E-state index < -0.39 is 5.97 Å². The van der Waals surface area contributed by atoms with Gasteiger partial charge in [0.15, 0.2) is 0 Å². The molecule has 0 atom stereocenters. The van der Waals surface area contributed by atoms with Crippen LogP contribution in [0.4, 0.5) is 11.9 Å². The van der Waals surface area contributed by atoms with Crippen LogP contribution in [0.5, 0.6) is 0 Å². The molecule has 0 amide bonds. The van der Waals surface area contributed by atoms with Crippen molar-refractivity contribution in [2.45, 2.75) is 12.8 Å². The van der Waals surface area contributed by atoms with Crippen LogP contribution in [-0.2, 0) is 4.74 Å². The first-order valence-electron chi connectivity index (χ1n) is 6.44. The van der Waals surface area contributed by atoms with Crippen LogP contribution in [0, 0.1) is 0 Å². The van der Waals surface area contributed by atoms with Gasteiger partial charge >= 0.3 is 5.97 Å². The van der Waals surface area contributed by atoms with Crippen molar-refractivity contribution in [2.75, 3.05) is 30.8 Å². The zero-order chi connectivity index (χ0) is 14.8. The molecule has 0 aliphatic carbocycles. The number of aromatic nitrogens is 6. The van der Waals surface area contributed by atoms with Crippen LogP contribution >= 0.6 is 0 Å². The summed E-state index contributed by atoms with van der Waals surface area (Å²) in [6.07, 6.45) is 3.52. The molecule has 10 heteroatoms. The Balaban J connectivity index is 1.94. The largest absolute Gasteiger partial charge is 0.463 e. The van der Waals surface area contributed by atoms with E-state index in [2.05, 4.69) is 29.8 Å². The summed E-state index contributed by atoms with van der Waals surface area (Å²) in [5.41, 5.74) is 5.72. The Hall–Kier alpha value is -2.78.